The van der Waals surface area contributed by atoms with E-state index in [9.17, 15) is 9.59 Å². The second-order valence-electron chi connectivity index (χ2n) is 5.18. The summed E-state index contributed by atoms with van der Waals surface area (Å²) in [6.07, 6.45) is 4.03. The number of morpholine rings is 1. The number of thiophene rings is 1. The molecule has 1 aromatic heterocycles. The number of rotatable bonds is 2. The first-order chi connectivity index (χ1) is 9.68. The van der Waals surface area contributed by atoms with E-state index in [2.05, 4.69) is 0 Å². The summed E-state index contributed by atoms with van der Waals surface area (Å²) in [7, 11) is 0. The third kappa shape index (κ3) is 2.33. The topological polar surface area (TPSA) is 72.6 Å². The Morgan fingerprint density at radius 3 is 2.55 bits per heavy atom. The Morgan fingerprint density at radius 1 is 1.15 bits per heavy atom. The van der Waals surface area contributed by atoms with Crippen LogP contribution in [0.3, 0.4) is 0 Å². The van der Waals surface area contributed by atoms with Crippen molar-refractivity contribution < 1.29 is 14.3 Å². The molecular formula is C14H18N2O3S. The maximum Gasteiger partial charge on any atom is 0.259 e. The smallest absolute Gasteiger partial charge is 0.259 e. The molecular weight excluding hydrogens is 276 g/mol. The van der Waals surface area contributed by atoms with Gasteiger partial charge in [-0.2, -0.15) is 0 Å². The van der Waals surface area contributed by atoms with Gasteiger partial charge in [0.1, 0.15) is 4.88 Å². The summed E-state index contributed by atoms with van der Waals surface area (Å²) >= 11 is 1.41. The number of carbonyl (C=O) groups excluding carboxylic acids is 2. The van der Waals surface area contributed by atoms with Crippen molar-refractivity contribution in [3.8, 4) is 0 Å². The Morgan fingerprint density at radius 2 is 1.85 bits per heavy atom. The van der Waals surface area contributed by atoms with Crippen molar-refractivity contribution in [1.82, 2.24) is 4.90 Å². The molecule has 0 saturated carbocycles. The molecule has 2 amide bonds. The number of nitrogens with zero attached hydrogens (tertiary/aromatic N) is 1. The molecule has 0 bridgehead atoms. The van der Waals surface area contributed by atoms with Gasteiger partial charge in [-0.05, 0) is 31.2 Å². The Balaban J connectivity index is 1.99. The molecule has 20 heavy (non-hydrogen) atoms. The Kier molecular flexibility index (Phi) is 3.76. The van der Waals surface area contributed by atoms with Gasteiger partial charge >= 0.3 is 0 Å². The zero-order valence-corrected chi connectivity index (χ0v) is 12.1. The van der Waals surface area contributed by atoms with Crippen LogP contribution in [-0.2, 0) is 17.6 Å². The highest BCUT2D eigenvalue weighted by Gasteiger charge is 2.30. The molecule has 3 rings (SSSR count). The number of ether oxygens (including phenoxy) is 1. The van der Waals surface area contributed by atoms with Crippen molar-refractivity contribution in [2.45, 2.75) is 25.7 Å². The van der Waals surface area contributed by atoms with Crippen molar-refractivity contribution in [2.24, 2.45) is 5.73 Å². The van der Waals surface area contributed by atoms with Crippen molar-refractivity contribution in [3.05, 3.63) is 20.9 Å². The number of hydrogen-bond acceptors (Lipinski definition) is 4. The molecule has 1 aliphatic carbocycles. The lowest BCUT2D eigenvalue weighted by Crippen LogP contribution is -2.41. The van der Waals surface area contributed by atoms with Gasteiger partial charge in [0.25, 0.3) is 11.8 Å². The molecule has 0 unspecified atom stereocenters. The molecule has 0 radical (unpaired) electrons. The van der Waals surface area contributed by atoms with Crippen molar-refractivity contribution in [1.29, 1.82) is 0 Å². The zero-order valence-electron chi connectivity index (χ0n) is 11.3. The average molecular weight is 294 g/mol. The molecule has 1 fully saturated rings. The van der Waals surface area contributed by atoms with E-state index < -0.39 is 5.91 Å². The summed E-state index contributed by atoms with van der Waals surface area (Å²) in [5.74, 6) is -0.539. The fraction of sp³-hybridized carbons (Fsp3) is 0.571. The highest BCUT2D eigenvalue weighted by molar-refractivity contribution is 7.14. The summed E-state index contributed by atoms with van der Waals surface area (Å²) in [6, 6.07) is 0. The van der Waals surface area contributed by atoms with Crippen LogP contribution < -0.4 is 5.73 Å². The van der Waals surface area contributed by atoms with Crippen LogP contribution in [0.15, 0.2) is 0 Å². The molecule has 2 aliphatic rings. The van der Waals surface area contributed by atoms with Crippen LogP contribution in [0, 0.1) is 0 Å². The minimum absolute atomic E-state index is 0.0542. The van der Waals surface area contributed by atoms with Gasteiger partial charge < -0.3 is 15.4 Å². The predicted molar refractivity (Wildman–Crippen MR) is 76.2 cm³/mol. The Labute approximate surface area is 121 Å². The first kappa shape index (κ1) is 13.6. The molecule has 0 atom stereocenters. The van der Waals surface area contributed by atoms with Gasteiger partial charge in [0.2, 0.25) is 0 Å². The molecule has 0 spiro atoms. The average Bonchev–Trinajstić information content (AvgIpc) is 2.87. The lowest BCUT2D eigenvalue weighted by molar-refractivity contribution is 0.0301. The predicted octanol–water partition coefficient (Wildman–Crippen LogP) is 1.20. The molecule has 108 valence electrons. The quantitative estimate of drug-likeness (QED) is 0.890. The van der Waals surface area contributed by atoms with E-state index in [0.717, 1.165) is 31.2 Å². The summed E-state index contributed by atoms with van der Waals surface area (Å²) in [5.41, 5.74) is 7.10. The molecule has 6 heteroatoms. The normalized spacial score (nSPS) is 18.7. The summed E-state index contributed by atoms with van der Waals surface area (Å²) in [4.78, 5) is 27.8. The van der Waals surface area contributed by atoms with Crippen LogP contribution in [0.1, 0.15) is 43.3 Å². The fourth-order valence-corrected chi connectivity index (χ4v) is 4.12. The van der Waals surface area contributed by atoms with E-state index in [4.69, 9.17) is 10.5 Å². The Bertz CT molecular complexity index is 547. The maximum absolute atomic E-state index is 12.7. The molecule has 0 aromatic carbocycles. The first-order valence-corrected chi connectivity index (χ1v) is 7.81. The van der Waals surface area contributed by atoms with E-state index in [1.165, 1.54) is 16.2 Å². The second-order valence-corrected chi connectivity index (χ2v) is 6.29. The van der Waals surface area contributed by atoms with Crippen molar-refractivity contribution in [3.63, 3.8) is 0 Å². The summed E-state index contributed by atoms with van der Waals surface area (Å²) in [5, 5.41) is 0. The highest BCUT2D eigenvalue weighted by Crippen LogP contribution is 2.35. The van der Waals surface area contributed by atoms with E-state index in [0.29, 0.717) is 36.7 Å². The minimum Gasteiger partial charge on any atom is -0.378 e. The molecule has 2 N–H and O–H groups in total. The van der Waals surface area contributed by atoms with Gasteiger partial charge in [0.05, 0.1) is 18.8 Å². The third-order valence-electron chi connectivity index (χ3n) is 3.91. The number of amides is 2. The zero-order chi connectivity index (χ0) is 14.1. The van der Waals surface area contributed by atoms with Gasteiger partial charge in [-0.3, -0.25) is 9.59 Å². The number of nitrogens with two attached hydrogens (primary N) is 1. The van der Waals surface area contributed by atoms with Gasteiger partial charge in [-0.1, -0.05) is 0 Å². The van der Waals surface area contributed by atoms with Gasteiger partial charge in [0, 0.05) is 18.0 Å². The summed E-state index contributed by atoms with van der Waals surface area (Å²) in [6.45, 7) is 2.29. The van der Waals surface area contributed by atoms with Crippen LogP contribution in [0.4, 0.5) is 0 Å². The van der Waals surface area contributed by atoms with E-state index in [-0.39, 0.29) is 5.91 Å². The number of aryl methyl sites for hydroxylation is 1. The molecule has 1 aromatic rings. The maximum atomic E-state index is 12.7. The lowest BCUT2D eigenvalue weighted by Gasteiger charge is -2.27. The van der Waals surface area contributed by atoms with Gasteiger partial charge in [-0.15, -0.1) is 11.3 Å². The second kappa shape index (κ2) is 5.54. The van der Waals surface area contributed by atoms with Gasteiger partial charge in [-0.25, -0.2) is 0 Å². The molecule has 1 saturated heterocycles. The van der Waals surface area contributed by atoms with Crippen LogP contribution in [0.25, 0.3) is 0 Å². The fourth-order valence-electron chi connectivity index (χ4n) is 2.89. The van der Waals surface area contributed by atoms with Crippen LogP contribution >= 0.6 is 11.3 Å². The molecule has 5 nitrogen and oxygen atoms in total. The molecule has 1 aliphatic heterocycles. The van der Waals surface area contributed by atoms with E-state index in [1.54, 1.807) is 4.90 Å². The largest absolute Gasteiger partial charge is 0.378 e. The van der Waals surface area contributed by atoms with Gasteiger partial charge in [0.15, 0.2) is 0 Å². The number of carbonyl (C=O) groups is 2. The SMILES string of the molecule is NC(=O)c1sc2c(c1C(=O)N1CCOCC1)CCCC2. The lowest BCUT2D eigenvalue weighted by atomic mass is 9.94. The van der Waals surface area contributed by atoms with Crippen molar-refractivity contribution >= 4 is 23.2 Å². The molecule has 2 heterocycles. The first-order valence-electron chi connectivity index (χ1n) is 7.00. The number of hydrogen-bond donors (Lipinski definition) is 1. The Hall–Kier alpha value is -1.40. The number of primary amides is 1. The van der Waals surface area contributed by atoms with Crippen LogP contribution in [-0.4, -0.2) is 43.0 Å². The standard InChI is InChI=1S/C14H18N2O3S/c15-13(17)12-11(9-3-1-2-4-10(9)20-12)14(18)16-5-7-19-8-6-16/h1-8H2,(H2,15,17). The van der Waals surface area contributed by atoms with Crippen molar-refractivity contribution in [2.75, 3.05) is 26.3 Å². The van der Waals surface area contributed by atoms with E-state index >= 15 is 0 Å². The summed E-state index contributed by atoms with van der Waals surface area (Å²) < 4.78 is 5.27. The highest BCUT2D eigenvalue weighted by atomic mass is 32.1. The third-order valence-corrected chi connectivity index (χ3v) is 5.21. The van der Waals surface area contributed by atoms with Crippen LogP contribution in [0.2, 0.25) is 0 Å². The van der Waals surface area contributed by atoms with Crippen LogP contribution in [0.5, 0.6) is 0 Å². The minimum atomic E-state index is -0.485. The number of fused-ring (bicyclic) bond motifs is 1. The van der Waals surface area contributed by atoms with E-state index in [1.807, 2.05) is 0 Å². The monoisotopic (exact) mass is 294 g/mol.